The molecule has 1 aromatic heterocycles. The van der Waals surface area contributed by atoms with E-state index in [9.17, 15) is 0 Å². The molecule has 2 rings (SSSR count). The molecule has 0 aliphatic heterocycles. The zero-order valence-electron chi connectivity index (χ0n) is 9.09. The molecule has 2 heteroatoms. The van der Waals surface area contributed by atoms with Gasteiger partial charge in [-0.05, 0) is 34.7 Å². The second-order valence-electron chi connectivity index (χ2n) is 4.00. The number of benzene rings is 1. The van der Waals surface area contributed by atoms with Crippen LogP contribution in [0, 0.1) is 0 Å². The summed E-state index contributed by atoms with van der Waals surface area (Å²) in [5, 5.41) is 4.48. The molecule has 0 saturated heterocycles. The molecule has 0 radical (unpaired) electrons. The second-order valence-corrected chi connectivity index (χ2v) is 5.28. The molecule has 0 N–H and O–H groups in total. The maximum Gasteiger partial charge on any atom is 0.0584 e. The Balaban J connectivity index is 2.49. The Labute approximate surface area is 99.9 Å². The van der Waals surface area contributed by atoms with Gasteiger partial charge in [0.2, 0.25) is 0 Å². The Kier molecular flexibility index (Phi) is 3.32. The maximum atomic E-state index is 6.16. The van der Waals surface area contributed by atoms with Gasteiger partial charge in [0.05, 0.1) is 9.72 Å². The topological polar surface area (TPSA) is 0 Å². The smallest absolute Gasteiger partial charge is 0.0584 e. The van der Waals surface area contributed by atoms with Crippen LogP contribution in [0.2, 0.25) is 5.02 Å². The van der Waals surface area contributed by atoms with Crippen molar-refractivity contribution < 1.29 is 0 Å². The van der Waals surface area contributed by atoms with E-state index < -0.39 is 0 Å². The molecule has 0 saturated carbocycles. The molecule has 1 atom stereocenters. The van der Waals surface area contributed by atoms with Gasteiger partial charge in [0.1, 0.15) is 0 Å². The van der Waals surface area contributed by atoms with Crippen molar-refractivity contribution >= 4 is 33.0 Å². The number of hydrogen-bond acceptors (Lipinski definition) is 1. The largest absolute Gasteiger partial charge is 0.142 e. The van der Waals surface area contributed by atoms with Gasteiger partial charge in [-0.1, -0.05) is 44.0 Å². The monoisotopic (exact) mass is 238 g/mol. The van der Waals surface area contributed by atoms with Gasteiger partial charge >= 0.3 is 0 Å². The minimum Gasteiger partial charge on any atom is -0.142 e. The summed E-state index contributed by atoms with van der Waals surface area (Å²) in [5.74, 6) is 0.641. The first-order chi connectivity index (χ1) is 7.24. The van der Waals surface area contributed by atoms with E-state index in [2.05, 4.69) is 25.3 Å². The third kappa shape index (κ3) is 2.04. The number of rotatable bonds is 3. The summed E-state index contributed by atoms with van der Waals surface area (Å²) in [4.78, 5) is 0. The van der Waals surface area contributed by atoms with Crippen LogP contribution in [0.15, 0.2) is 23.6 Å². The number of halogens is 1. The predicted molar refractivity (Wildman–Crippen MR) is 70.2 cm³/mol. The van der Waals surface area contributed by atoms with E-state index in [4.69, 9.17) is 11.6 Å². The molecule has 1 aromatic carbocycles. The van der Waals surface area contributed by atoms with Crippen molar-refractivity contribution in [1.82, 2.24) is 0 Å². The third-order valence-corrected chi connectivity index (χ3v) is 4.31. The highest BCUT2D eigenvalue weighted by molar-refractivity contribution is 7.18. The van der Waals surface area contributed by atoms with Gasteiger partial charge in [0.25, 0.3) is 0 Å². The highest BCUT2D eigenvalue weighted by atomic mass is 35.5. The van der Waals surface area contributed by atoms with Gasteiger partial charge in [0.15, 0.2) is 0 Å². The summed E-state index contributed by atoms with van der Waals surface area (Å²) in [6.45, 7) is 4.53. The number of thiophene rings is 1. The molecule has 0 aliphatic carbocycles. The van der Waals surface area contributed by atoms with E-state index in [1.54, 1.807) is 11.3 Å². The van der Waals surface area contributed by atoms with Crippen LogP contribution < -0.4 is 0 Å². The van der Waals surface area contributed by atoms with Gasteiger partial charge in [-0.3, -0.25) is 0 Å². The van der Waals surface area contributed by atoms with Crippen molar-refractivity contribution in [3.8, 4) is 0 Å². The van der Waals surface area contributed by atoms with Gasteiger partial charge in [-0.2, -0.15) is 0 Å². The molecule has 0 spiro atoms. The van der Waals surface area contributed by atoms with Gasteiger partial charge in [0, 0.05) is 0 Å². The lowest BCUT2D eigenvalue weighted by atomic mass is 9.96. The number of fused-ring (bicyclic) bond motifs is 1. The van der Waals surface area contributed by atoms with Crippen molar-refractivity contribution in [2.24, 2.45) is 0 Å². The molecule has 0 bridgehead atoms. The van der Waals surface area contributed by atoms with Crippen molar-refractivity contribution in [2.75, 3.05) is 0 Å². The fourth-order valence-electron chi connectivity index (χ4n) is 2.01. The quantitative estimate of drug-likeness (QED) is 0.666. The van der Waals surface area contributed by atoms with Crippen molar-refractivity contribution in [1.29, 1.82) is 0 Å². The van der Waals surface area contributed by atoms with E-state index in [-0.39, 0.29) is 0 Å². The van der Waals surface area contributed by atoms with Crippen LogP contribution >= 0.6 is 22.9 Å². The molecule has 15 heavy (non-hydrogen) atoms. The molecule has 0 nitrogen and oxygen atoms in total. The van der Waals surface area contributed by atoms with Crippen LogP contribution in [0.3, 0.4) is 0 Å². The van der Waals surface area contributed by atoms with Crippen LogP contribution in [0.5, 0.6) is 0 Å². The van der Waals surface area contributed by atoms with Crippen molar-refractivity contribution in [3.63, 3.8) is 0 Å². The fourth-order valence-corrected chi connectivity index (χ4v) is 3.42. The fraction of sp³-hybridized carbons (Fsp3) is 0.385. The SMILES string of the molecule is CCCC(C)c1csc2c(Cl)cccc12. The van der Waals surface area contributed by atoms with Gasteiger partial charge in [-0.15, -0.1) is 11.3 Å². The molecule has 2 aromatic rings. The third-order valence-electron chi connectivity index (χ3n) is 2.83. The van der Waals surface area contributed by atoms with E-state index in [0.717, 1.165) is 5.02 Å². The summed E-state index contributed by atoms with van der Waals surface area (Å²) in [6, 6.07) is 6.19. The van der Waals surface area contributed by atoms with E-state index in [1.165, 1.54) is 28.5 Å². The predicted octanol–water partition coefficient (Wildman–Crippen LogP) is 5.46. The van der Waals surface area contributed by atoms with Crippen LogP contribution in [-0.4, -0.2) is 0 Å². The minimum atomic E-state index is 0.641. The summed E-state index contributed by atoms with van der Waals surface area (Å²) >= 11 is 7.93. The average molecular weight is 239 g/mol. The van der Waals surface area contributed by atoms with Crippen molar-refractivity contribution in [3.05, 3.63) is 34.2 Å². The molecule has 0 amide bonds. The second kappa shape index (κ2) is 4.54. The van der Waals surface area contributed by atoms with E-state index >= 15 is 0 Å². The first kappa shape index (κ1) is 11.0. The van der Waals surface area contributed by atoms with E-state index in [0.29, 0.717) is 5.92 Å². The normalized spacial score (nSPS) is 13.3. The Morgan fingerprint density at radius 2 is 2.20 bits per heavy atom. The molecule has 1 heterocycles. The first-order valence-corrected chi connectivity index (χ1v) is 6.65. The molecular weight excluding hydrogens is 224 g/mol. The van der Waals surface area contributed by atoms with Crippen molar-refractivity contribution in [2.45, 2.75) is 32.6 Å². The maximum absolute atomic E-state index is 6.16. The summed E-state index contributed by atoms with van der Waals surface area (Å²) < 4.78 is 1.23. The van der Waals surface area contributed by atoms with Crippen LogP contribution in [0.4, 0.5) is 0 Å². The minimum absolute atomic E-state index is 0.641. The van der Waals surface area contributed by atoms with Crippen LogP contribution in [-0.2, 0) is 0 Å². The average Bonchev–Trinajstić information content (AvgIpc) is 2.63. The van der Waals surface area contributed by atoms with Gasteiger partial charge in [-0.25, -0.2) is 0 Å². The molecule has 1 unspecified atom stereocenters. The number of hydrogen-bond donors (Lipinski definition) is 0. The Morgan fingerprint density at radius 1 is 1.40 bits per heavy atom. The molecule has 0 aliphatic rings. The summed E-state index contributed by atoms with van der Waals surface area (Å²) in [6.07, 6.45) is 2.48. The Bertz CT molecular complexity index is 459. The standard InChI is InChI=1S/C13H15ClS/c1-3-5-9(2)11-8-15-13-10(11)6-4-7-12(13)14/h4,6-9H,3,5H2,1-2H3. The van der Waals surface area contributed by atoms with Crippen LogP contribution in [0.1, 0.15) is 38.2 Å². The van der Waals surface area contributed by atoms with Gasteiger partial charge < -0.3 is 0 Å². The Hall–Kier alpha value is -0.530. The zero-order valence-corrected chi connectivity index (χ0v) is 10.7. The lowest BCUT2D eigenvalue weighted by molar-refractivity contribution is 0.671. The highest BCUT2D eigenvalue weighted by Gasteiger charge is 2.11. The lowest BCUT2D eigenvalue weighted by Gasteiger charge is -2.08. The highest BCUT2D eigenvalue weighted by Crippen LogP contribution is 2.36. The molecule has 0 fully saturated rings. The van der Waals surface area contributed by atoms with Crippen LogP contribution in [0.25, 0.3) is 10.1 Å². The van der Waals surface area contributed by atoms with E-state index in [1.807, 2.05) is 12.1 Å². The first-order valence-electron chi connectivity index (χ1n) is 5.39. The zero-order chi connectivity index (χ0) is 10.8. The molecule has 80 valence electrons. The molecular formula is C13H15ClS. The summed E-state index contributed by atoms with van der Waals surface area (Å²) in [7, 11) is 0. The summed E-state index contributed by atoms with van der Waals surface area (Å²) in [5.41, 5.74) is 1.46. The lowest BCUT2D eigenvalue weighted by Crippen LogP contribution is -1.90. The Morgan fingerprint density at radius 3 is 2.93 bits per heavy atom.